The van der Waals surface area contributed by atoms with E-state index in [4.69, 9.17) is 0 Å². The third-order valence-electron chi connectivity index (χ3n) is 5.47. The topological polar surface area (TPSA) is 91.2 Å². The molecule has 1 aliphatic rings. The van der Waals surface area contributed by atoms with Crippen LogP contribution in [0.25, 0.3) is 0 Å². The molecule has 30 heavy (non-hydrogen) atoms. The van der Waals surface area contributed by atoms with E-state index < -0.39 is 23.7 Å². The maximum atomic E-state index is 14.1. The molecule has 1 aliphatic carbocycles. The van der Waals surface area contributed by atoms with Gasteiger partial charge in [0.15, 0.2) is 0 Å². The Labute approximate surface area is 177 Å². The second-order valence-electron chi connectivity index (χ2n) is 8.39. The van der Waals surface area contributed by atoms with Gasteiger partial charge in [-0.05, 0) is 36.2 Å². The summed E-state index contributed by atoms with van der Waals surface area (Å²) in [5, 5.41) is 13.4. The van der Waals surface area contributed by atoms with E-state index in [0.717, 1.165) is 29.7 Å². The fourth-order valence-corrected chi connectivity index (χ4v) is 4.88. The van der Waals surface area contributed by atoms with Crippen molar-refractivity contribution in [1.29, 1.82) is 5.26 Å². The number of fused-ring (bicyclic) bond motifs is 1. The highest BCUT2D eigenvalue weighted by Crippen LogP contribution is 2.45. The summed E-state index contributed by atoms with van der Waals surface area (Å²) in [6.45, 7) is 7.68. The Morgan fingerprint density at radius 3 is 2.40 bits per heavy atom. The van der Waals surface area contributed by atoms with Crippen molar-refractivity contribution in [3.8, 4) is 6.07 Å². The Morgan fingerprint density at radius 1 is 1.30 bits per heavy atom. The number of nitrogens with one attached hydrogen (secondary N) is 2. The van der Waals surface area contributed by atoms with Gasteiger partial charge in [0.05, 0.1) is 12.7 Å². The van der Waals surface area contributed by atoms with Gasteiger partial charge in [-0.15, -0.1) is 11.3 Å². The van der Waals surface area contributed by atoms with E-state index >= 15 is 0 Å². The van der Waals surface area contributed by atoms with Gasteiger partial charge >= 0.3 is 17.8 Å². The van der Waals surface area contributed by atoms with Gasteiger partial charge < -0.3 is 15.4 Å². The Kier molecular flexibility index (Phi) is 6.76. The SMILES string of the molecule is CCC(=O)N[C@](Nc1sc2c(c1C#N)CC[C@H](C(C)(C)C)C2)(C(=O)OC)C(F)(F)F. The number of hydrogen-bond donors (Lipinski definition) is 2. The monoisotopic (exact) mass is 445 g/mol. The van der Waals surface area contributed by atoms with E-state index in [1.807, 2.05) is 6.07 Å². The molecule has 0 fully saturated rings. The predicted molar refractivity (Wildman–Crippen MR) is 107 cm³/mol. The highest BCUT2D eigenvalue weighted by molar-refractivity contribution is 7.16. The smallest absolute Gasteiger partial charge is 0.441 e. The van der Waals surface area contributed by atoms with Crippen LogP contribution in [-0.2, 0) is 27.2 Å². The summed E-state index contributed by atoms with van der Waals surface area (Å²) in [6, 6.07) is 1.97. The van der Waals surface area contributed by atoms with Crippen LogP contribution in [0.3, 0.4) is 0 Å². The minimum atomic E-state index is -5.21. The zero-order valence-corrected chi connectivity index (χ0v) is 18.4. The lowest BCUT2D eigenvalue weighted by Gasteiger charge is -2.34. The van der Waals surface area contributed by atoms with Crippen LogP contribution in [0.1, 0.15) is 56.5 Å². The molecule has 0 unspecified atom stereocenters. The number of thiophene rings is 1. The van der Waals surface area contributed by atoms with Crippen LogP contribution in [0.4, 0.5) is 18.2 Å². The van der Waals surface area contributed by atoms with Crippen molar-refractivity contribution in [3.05, 3.63) is 16.0 Å². The van der Waals surface area contributed by atoms with Crippen molar-refractivity contribution in [2.45, 2.75) is 65.2 Å². The van der Waals surface area contributed by atoms with E-state index in [2.05, 4.69) is 30.8 Å². The first-order valence-corrected chi connectivity index (χ1v) is 10.4. The van der Waals surface area contributed by atoms with Gasteiger partial charge in [-0.3, -0.25) is 4.79 Å². The van der Waals surface area contributed by atoms with Gasteiger partial charge in [0.1, 0.15) is 11.1 Å². The number of halogens is 3. The van der Waals surface area contributed by atoms with Gasteiger partial charge in [0.25, 0.3) is 0 Å². The Hall–Kier alpha value is -2.28. The van der Waals surface area contributed by atoms with E-state index in [1.54, 1.807) is 5.32 Å². The number of amides is 1. The summed E-state index contributed by atoms with van der Waals surface area (Å²) in [6.07, 6.45) is -3.46. The first-order valence-electron chi connectivity index (χ1n) is 9.59. The van der Waals surface area contributed by atoms with Gasteiger partial charge in [0.2, 0.25) is 5.91 Å². The summed E-state index contributed by atoms with van der Waals surface area (Å²) < 4.78 is 46.6. The zero-order chi connectivity index (χ0) is 22.9. The van der Waals surface area contributed by atoms with Crippen LogP contribution in [0.2, 0.25) is 0 Å². The molecule has 0 bridgehead atoms. The summed E-state index contributed by atoms with van der Waals surface area (Å²) in [4.78, 5) is 25.0. The van der Waals surface area contributed by atoms with E-state index in [9.17, 15) is 28.0 Å². The van der Waals surface area contributed by atoms with Crippen LogP contribution >= 0.6 is 11.3 Å². The number of carbonyl (C=O) groups is 2. The van der Waals surface area contributed by atoms with E-state index in [0.29, 0.717) is 24.3 Å². The molecule has 0 radical (unpaired) electrons. The fourth-order valence-electron chi connectivity index (χ4n) is 3.54. The summed E-state index contributed by atoms with van der Waals surface area (Å²) in [5.74, 6) is -2.38. The molecule has 10 heteroatoms. The number of alkyl halides is 3. The van der Waals surface area contributed by atoms with Gasteiger partial charge in [-0.25, -0.2) is 4.79 Å². The summed E-state index contributed by atoms with van der Waals surface area (Å²) >= 11 is 1.02. The molecule has 2 rings (SSSR count). The van der Waals surface area contributed by atoms with Crippen molar-refractivity contribution < 1.29 is 27.5 Å². The number of rotatable bonds is 5. The number of hydrogen-bond acceptors (Lipinski definition) is 6. The van der Waals surface area contributed by atoms with Crippen LogP contribution in [0.15, 0.2) is 0 Å². The fraction of sp³-hybridized carbons (Fsp3) is 0.650. The molecule has 1 aromatic rings. The van der Waals surface area contributed by atoms with Crippen LogP contribution in [0, 0.1) is 22.7 Å². The van der Waals surface area contributed by atoms with Crippen molar-refractivity contribution in [2.24, 2.45) is 11.3 Å². The first kappa shape index (κ1) is 24.0. The highest BCUT2D eigenvalue weighted by atomic mass is 32.1. The Balaban J connectivity index is 2.56. The van der Waals surface area contributed by atoms with Gasteiger partial charge in [-0.2, -0.15) is 18.4 Å². The number of methoxy groups -OCH3 is 1. The van der Waals surface area contributed by atoms with Gasteiger partial charge in [0, 0.05) is 11.3 Å². The molecule has 0 aliphatic heterocycles. The molecular formula is C20H26F3N3O3S. The predicted octanol–water partition coefficient (Wildman–Crippen LogP) is 4.14. The van der Waals surface area contributed by atoms with Crippen LogP contribution < -0.4 is 10.6 Å². The van der Waals surface area contributed by atoms with E-state index in [1.165, 1.54) is 6.92 Å². The number of anilines is 1. The average molecular weight is 446 g/mol. The molecular weight excluding hydrogens is 419 g/mol. The second-order valence-corrected chi connectivity index (χ2v) is 9.50. The lowest BCUT2D eigenvalue weighted by Crippen LogP contribution is -2.69. The van der Waals surface area contributed by atoms with Crippen LogP contribution in [-0.4, -0.2) is 30.8 Å². The van der Waals surface area contributed by atoms with Crippen LogP contribution in [0.5, 0.6) is 0 Å². The second kappa shape index (κ2) is 8.46. The number of esters is 1. The molecule has 2 N–H and O–H groups in total. The lowest BCUT2D eigenvalue weighted by molar-refractivity contribution is -0.206. The minimum absolute atomic E-state index is 0.0128. The molecule has 0 saturated heterocycles. The summed E-state index contributed by atoms with van der Waals surface area (Å²) in [7, 11) is 0.807. The molecule has 166 valence electrons. The first-order chi connectivity index (χ1) is 13.8. The number of nitriles is 1. The average Bonchev–Trinajstić information content (AvgIpc) is 3.00. The number of carbonyl (C=O) groups excluding carboxylic acids is 2. The van der Waals surface area contributed by atoms with Crippen molar-refractivity contribution in [1.82, 2.24) is 5.32 Å². The Morgan fingerprint density at radius 2 is 1.93 bits per heavy atom. The molecule has 2 atom stereocenters. The molecule has 1 aromatic heterocycles. The zero-order valence-electron chi connectivity index (χ0n) is 17.6. The molecule has 0 saturated carbocycles. The van der Waals surface area contributed by atoms with Crippen molar-refractivity contribution in [2.75, 3.05) is 12.4 Å². The number of nitrogens with zero attached hydrogens (tertiary/aromatic N) is 1. The van der Waals surface area contributed by atoms with E-state index in [-0.39, 0.29) is 22.4 Å². The molecule has 1 amide bonds. The van der Waals surface area contributed by atoms with Crippen molar-refractivity contribution >= 4 is 28.2 Å². The molecule has 6 nitrogen and oxygen atoms in total. The third kappa shape index (κ3) is 4.41. The Bertz CT molecular complexity index is 868. The highest BCUT2D eigenvalue weighted by Gasteiger charge is 2.63. The third-order valence-corrected chi connectivity index (χ3v) is 6.64. The largest absolute Gasteiger partial charge is 0.466 e. The minimum Gasteiger partial charge on any atom is -0.466 e. The maximum Gasteiger partial charge on any atom is 0.441 e. The summed E-state index contributed by atoms with van der Waals surface area (Å²) in [5.41, 5.74) is -2.70. The normalized spacial score (nSPS) is 18.6. The van der Waals surface area contributed by atoms with Crippen molar-refractivity contribution in [3.63, 3.8) is 0 Å². The standard InChI is InChI=1S/C20H26F3N3O3S/c1-6-15(27)25-19(17(28)29-5,20(21,22)23)26-16-13(10-24)12-8-7-11(18(2,3)4)9-14(12)30-16/h11,26H,6-9H2,1-5H3,(H,25,27)/t11-,19-/m0/s1. The quantitative estimate of drug-likeness (QED) is 0.525. The molecule has 0 aromatic carbocycles. The van der Waals surface area contributed by atoms with Gasteiger partial charge in [-0.1, -0.05) is 27.7 Å². The molecule has 1 heterocycles. The maximum absolute atomic E-state index is 14.1. The number of ether oxygens (including phenoxy) is 1. The molecule has 0 spiro atoms. The lowest BCUT2D eigenvalue weighted by atomic mass is 9.72.